The van der Waals surface area contributed by atoms with E-state index in [1.165, 1.54) is 0 Å². The highest BCUT2D eigenvalue weighted by Crippen LogP contribution is 2.25. The molecule has 20 heavy (non-hydrogen) atoms. The Labute approximate surface area is 132 Å². The molecule has 2 N–H and O–H groups in total. The Kier molecular flexibility index (Phi) is 4.97. The normalized spacial score (nSPS) is 10.1. The summed E-state index contributed by atoms with van der Waals surface area (Å²) >= 11 is 6.65. The quantitative estimate of drug-likeness (QED) is 0.772. The van der Waals surface area contributed by atoms with Gasteiger partial charge < -0.3 is 15.0 Å². The van der Waals surface area contributed by atoms with Crippen molar-refractivity contribution in [3.8, 4) is 0 Å². The lowest BCUT2D eigenvalue weighted by atomic mass is 10.3. The smallest absolute Gasteiger partial charge is 0.355 e. The van der Waals surface area contributed by atoms with Crippen molar-refractivity contribution in [3.63, 3.8) is 0 Å². The van der Waals surface area contributed by atoms with Gasteiger partial charge in [0, 0.05) is 15.1 Å². The molecular formula is C13H10Br2N2O3. The third kappa shape index (κ3) is 3.94. The Hall–Kier alpha value is -1.60. The van der Waals surface area contributed by atoms with Crippen LogP contribution in [0.15, 0.2) is 45.5 Å². The van der Waals surface area contributed by atoms with Crippen LogP contribution in [0.3, 0.4) is 0 Å². The van der Waals surface area contributed by atoms with Crippen LogP contribution in [0.25, 0.3) is 0 Å². The molecule has 104 valence electrons. The number of nitrogens with one attached hydrogen (secondary N) is 2. The van der Waals surface area contributed by atoms with Gasteiger partial charge >= 0.3 is 5.97 Å². The minimum atomic E-state index is -0.569. The number of H-pyrrole nitrogens is 1. The number of anilines is 1. The first-order valence-corrected chi connectivity index (χ1v) is 7.20. The summed E-state index contributed by atoms with van der Waals surface area (Å²) in [6.45, 7) is -0.347. The maximum Gasteiger partial charge on any atom is 0.355 e. The number of carbonyl (C=O) groups is 2. The van der Waals surface area contributed by atoms with Gasteiger partial charge in [-0.15, -0.1) is 0 Å². The number of rotatable bonds is 4. The number of aromatic amines is 1. The van der Waals surface area contributed by atoms with Gasteiger partial charge in [-0.3, -0.25) is 4.79 Å². The molecule has 0 spiro atoms. The number of amides is 1. The van der Waals surface area contributed by atoms with Crippen LogP contribution in [0.5, 0.6) is 0 Å². The average Bonchev–Trinajstić information content (AvgIpc) is 2.93. The Morgan fingerprint density at radius 2 is 2.05 bits per heavy atom. The van der Waals surface area contributed by atoms with Gasteiger partial charge in [0.1, 0.15) is 5.69 Å². The summed E-state index contributed by atoms with van der Waals surface area (Å²) in [6, 6.07) is 8.59. The Balaban J connectivity index is 1.88. The third-order valence-corrected chi connectivity index (χ3v) is 3.51. The van der Waals surface area contributed by atoms with E-state index in [9.17, 15) is 9.59 Å². The van der Waals surface area contributed by atoms with Crippen LogP contribution in [0.2, 0.25) is 0 Å². The fraction of sp³-hybridized carbons (Fsp3) is 0.0769. The van der Waals surface area contributed by atoms with Gasteiger partial charge in [-0.05, 0) is 46.3 Å². The largest absolute Gasteiger partial charge is 0.451 e. The topological polar surface area (TPSA) is 71.2 Å². The molecule has 2 aromatic rings. The van der Waals surface area contributed by atoms with E-state index in [0.717, 1.165) is 8.95 Å². The number of ether oxygens (including phenoxy) is 1. The summed E-state index contributed by atoms with van der Waals surface area (Å²) in [5.41, 5.74) is 0.914. The van der Waals surface area contributed by atoms with Crippen molar-refractivity contribution in [2.45, 2.75) is 0 Å². The number of aromatic nitrogens is 1. The van der Waals surface area contributed by atoms with Crippen LogP contribution < -0.4 is 5.32 Å². The fourth-order valence-corrected chi connectivity index (χ4v) is 2.59. The monoisotopic (exact) mass is 400 g/mol. The number of hydrogen-bond acceptors (Lipinski definition) is 3. The first kappa shape index (κ1) is 14.8. The molecule has 1 aromatic carbocycles. The number of hydrogen-bond donors (Lipinski definition) is 2. The predicted molar refractivity (Wildman–Crippen MR) is 81.5 cm³/mol. The van der Waals surface area contributed by atoms with Crippen molar-refractivity contribution in [1.82, 2.24) is 4.98 Å². The zero-order chi connectivity index (χ0) is 14.5. The molecule has 5 nitrogen and oxygen atoms in total. The minimum Gasteiger partial charge on any atom is -0.451 e. The molecule has 0 radical (unpaired) electrons. The molecule has 7 heteroatoms. The first-order chi connectivity index (χ1) is 9.56. The zero-order valence-electron chi connectivity index (χ0n) is 10.2. The molecule has 1 amide bonds. The molecule has 1 heterocycles. The van der Waals surface area contributed by atoms with Crippen LogP contribution in [0.4, 0.5) is 5.69 Å². The lowest BCUT2D eigenvalue weighted by Gasteiger charge is -2.08. The van der Waals surface area contributed by atoms with Crippen molar-refractivity contribution in [2.75, 3.05) is 11.9 Å². The van der Waals surface area contributed by atoms with Crippen molar-refractivity contribution < 1.29 is 14.3 Å². The summed E-state index contributed by atoms with van der Waals surface area (Å²) in [6.07, 6.45) is 1.61. The summed E-state index contributed by atoms with van der Waals surface area (Å²) in [5, 5.41) is 2.64. The molecular weight excluding hydrogens is 392 g/mol. The Bertz CT molecular complexity index is 627. The molecule has 0 saturated heterocycles. The number of esters is 1. The van der Waals surface area contributed by atoms with Gasteiger partial charge in [0.2, 0.25) is 0 Å². The SMILES string of the molecule is O=C(COC(=O)c1ccc[nH]1)Nc1ccc(Br)cc1Br. The van der Waals surface area contributed by atoms with E-state index >= 15 is 0 Å². The van der Waals surface area contributed by atoms with E-state index in [1.54, 1.807) is 36.5 Å². The van der Waals surface area contributed by atoms with Gasteiger partial charge in [0.05, 0.1) is 5.69 Å². The average molecular weight is 402 g/mol. The minimum absolute atomic E-state index is 0.308. The van der Waals surface area contributed by atoms with Crippen LogP contribution >= 0.6 is 31.9 Å². The maximum absolute atomic E-state index is 11.7. The second-order valence-electron chi connectivity index (χ2n) is 3.83. The summed E-state index contributed by atoms with van der Waals surface area (Å²) in [4.78, 5) is 25.9. The summed E-state index contributed by atoms with van der Waals surface area (Å²) in [5.74, 6) is -0.979. The second-order valence-corrected chi connectivity index (χ2v) is 5.60. The molecule has 0 fully saturated rings. The van der Waals surface area contributed by atoms with Crippen molar-refractivity contribution >= 4 is 49.4 Å². The van der Waals surface area contributed by atoms with E-state index in [-0.39, 0.29) is 6.61 Å². The second kappa shape index (κ2) is 6.71. The lowest BCUT2D eigenvalue weighted by molar-refractivity contribution is -0.119. The Morgan fingerprint density at radius 3 is 2.70 bits per heavy atom. The first-order valence-electron chi connectivity index (χ1n) is 5.61. The molecule has 0 aliphatic rings. The van der Waals surface area contributed by atoms with Gasteiger partial charge in [0.15, 0.2) is 6.61 Å². The number of benzene rings is 1. The van der Waals surface area contributed by atoms with Crippen LogP contribution in [0, 0.1) is 0 Å². The van der Waals surface area contributed by atoms with Crippen LogP contribution in [-0.4, -0.2) is 23.5 Å². The zero-order valence-corrected chi connectivity index (χ0v) is 13.3. The molecule has 1 aromatic heterocycles. The summed E-state index contributed by atoms with van der Waals surface area (Å²) < 4.78 is 6.50. The van der Waals surface area contributed by atoms with Crippen molar-refractivity contribution in [1.29, 1.82) is 0 Å². The summed E-state index contributed by atoms with van der Waals surface area (Å²) in [7, 11) is 0. The molecule has 0 aliphatic heterocycles. The van der Waals surface area contributed by atoms with Gasteiger partial charge in [-0.2, -0.15) is 0 Å². The van der Waals surface area contributed by atoms with E-state index in [1.807, 2.05) is 0 Å². The van der Waals surface area contributed by atoms with Crippen LogP contribution in [0.1, 0.15) is 10.5 Å². The third-order valence-electron chi connectivity index (χ3n) is 2.36. The van der Waals surface area contributed by atoms with E-state index in [4.69, 9.17) is 4.74 Å². The highest BCUT2D eigenvalue weighted by Gasteiger charge is 2.11. The van der Waals surface area contributed by atoms with E-state index < -0.39 is 11.9 Å². The molecule has 2 rings (SSSR count). The van der Waals surface area contributed by atoms with E-state index in [2.05, 4.69) is 42.2 Å². The highest BCUT2D eigenvalue weighted by atomic mass is 79.9. The maximum atomic E-state index is 11.7. The van der Waals surface area contributed by atoms with Crippen molar-refractivity contribution in [2.24, 2.45) is 0 Å². The standard InChI is InChI=1S/C13H10Br2N2O3/c14-8-3-4-10(9(15)6-8)17-12(18)7-20-13(19)11-2-1-5-16-11/h1-6,16H,7H2,(H,17,18). The van der Waals surface area contributed by atoms with E-state index in [0.29, 0.717) is 11.4 Å². The fourth-order valence-electron chi connectivity index (χ4n) is 1.44. The van der Waals surface area contributed by atoms with Crippen LogP contribution in [-0.2, 0) is 9.53 Å². The molecule has 0 saturated carbocycles. The molecule has 0 bridgehead atoms. The molecule has 0 atom stereocenters. The molecule has 0 aliphatic carbocycles. The number of halogens is 2. The highest BCUT2D eigenvalue weighted by molar-refractivity contribution is 9.11. The molecule has 0 unspecified atom stereocenters. The van der Waals surface area contributed by atoms with Gasteiger partial charge in [0.25, 0.3) is 5.91 Å². The van der Waals surface area contributed by atoms with Gasteiger partial charge in [-0.25, -0.2) is 4.79 Å². The predicted octanol–water partition coefficient (Wildman–Crippen LogP) is 3.34. The number of carbonyl (C=O) groups excluding carboxylic acids is 2. The van der Waals surface area contributed by atoms with Crippen molar-refractivity contribution in [3.05, 3.63) is 51.2 Å². The van der Waals surface area contributed by atoms with Gasteiger partial charge in [-0.1, -0.05) is 15.9 Å². The lowest BCUT2D eigenvalue weighted by Crippen LogP contribution is -2.21. The Morgan fingerprint density at radius 1 is 1.25 bits per heavy atom.